The zero-order chi connectivity index (χ0) is 22.9. The highest BCUT2D eigenvalue weighted by Crippen LogP contribution is 2.27. The van der Waals surface area contributed by atoms with Crippen molar-refractivity contribution in [3.8, 4) is 0 Å². The van der Waals surface area contributed by atoms with E-state index in [1.54, 1.807) is 20.2 Å². The molecule has 1 aromatic carbocycles. The summed E-state index contributed by atoms with van der Waals surface area (Å²) in [6.45, 7) is 2.20. The Morgan fingerprint density at radius 1 is 1.09 bits per heavy atom. The molecule has 0 spiro atoms. The molecule has 0 atom stereocenters. The Labute approximate surface area is 195 Å². The van der Waals surface area contributed by atoms with E-state index in [0.29, 0.717) is 24.5 Å². The highest BCUT2D eigenvalue weighted by molar-refractivity contribution is 6.32. The maximum atomic E-state index is 12.1. The molecule has 1 saturated heterocycles. The standard InChI is InChI=1S/C25H32ClN3O3/c1-28(2)25(31)21-12-13-22(27-24(21)26)29-16-14-19(15-17-29)8-6-7-11-23(30)32-18-20-9-4-3-5-10-20/h3-5,9-10,12-13,19H,6-8,11,14-18H2,1-2H3. The van der Waals surface area contributed by atoms with Gasteiger partial charge in [-0.2, -0.15) is 0 Å². The third-order valence-electron chi connectivity index (χ3n) is 5.90. The van der Waals surface area contributed by atoms with Crippen molar-refractivity contribution >= 4 is 29.3 Å². The van der Waals surface area contributed by atoms with Gasteiger partial charge in [0.25, 0.3) is 5.91 Å². The number of benzene rings is 1. The second-order valence-electron chi connectivity index (χ2n) is 8.53. The fraction of sp³-hybridized carbons (Fsp3) is 0.480. The number of unbranched alkanes of at least 4 members (excludes halogenated alkanes) is 1. The molecule has 2 heterocycles. The van der Waals surface area contributed by atoms with Gasteiger partial charge in [0.05, 0.1) is 5.56 Å². The Kier molecular flexibility index (Phi) is 8.91. The van der Waals surface area contributed by atoms with Crippen molar-refractivity contribution in [3.63, 3.8) is 0 Å². The molecule has 3 rings (SSSR count). The monoisotopic (exact) mass is 457 g/mol. The number of carbonyl (C=O) groups is 2. The first-order chi connectivity index (χ1) is 15.4. The van der Waals surface area contributed by atoms with Crippen molar-refractivity contribution in [1.29, 1.82) is 0 Å². The predicted octanol–water partition coefficient (Wildman–Crippen LogP) is 4.96. The number of nitrogens with zero attached hydrogens (tertiary/aromatic N) is 3. The lowest BCUT2D eigenvalue weighted by Crippen LogP contribution is -2.34. The van der Waals surface area contributed by atoms with E-state index < -0.39 is 0 Å². The number of halogens is 1. The highest BCUT2D eigenvalue weighted by Gasteiger charge is 2.22. The van der Waals surface area contributed by atoms with E-state index in [4.69, 9.17) is 16.3 Å². The minimum absolute atomic E-state index is 0.122. The number of esters is 1. The number of ether oxygens (including phenoxy) is 1. The first-order valence-electron chi connectivity index (χ1n) is 11.3. The summed E-state index contributed by atoms with van der Waals surface area (Å²) >= 11 is 6.26. The van der Waals surface area contributed by atoms with Crippen LogP contribution >= 0.6 is 11.6 Å². The summed E-state index contributed by atoms with van der Waals surface area (Å²) in [6, 6.07) is 13.4. The number of hydrogen-bond acceptors (Lipinski definition) is 5. The molecule has 0 unspecified atom stereocenters. The van der Waals surface area contributed by atoms with Crippen molar-refractivity contribution < 1.29 is 14.3 Å². The van der Waals surface area contributed by atoms with Gasteiger partial charge in [0.15, 0.2) is 0 Å². The van der Waals surface area contributed by atoms with E-state index in [-0.39, 0.29) is 17.0 Å². The van der Waals surface area contributed by atoms with E-state index >= 15 is 0 Å². The number of rotatable bonds is 9. The third-order valence-corrected chi connectivity index (χ3v) is 6.18. The van der Waals surface area contributed by atoms with Crippen molar-refractivity contribution in [1.82, 2.24) is 9.88 Å². The molecule has 1 amide bonds. The van der Waals surface area contributed by atoms with Gasteiger partial charge in [-0.05, 0) is 42.9 Å². The molecule has 172 valence electrons. The highest BCUT2D eigenvalue weighted by atomic mass is 35.5. The second-order valence-corrected chi connectivity index (χ2v) is 8.89. The number of hydrogen-bond donors (Lipinski definition) is 0. The molecule has 0 N–H and O–H groups in total. The summed E-state index contributed by atoms with van der Waals surface area (Å²) in [5.41, 5.74) is 1.44. The van der Waals surface area contributed by atoms with Gasteiger partial charge < -0.3 is 14.5 Å². The summed E-state index contributed by atoms with van der Waals surface area (Å²) in [6.07, 6.45) is 5.70. The summed E-state index contributed by atoms with van der Waals surface area (Å²) < 4.78 is 5.34. The molecule has 0 aliphatic carbocycles. The molecule has 6 nitrogen and oxygen atoms in total. The molecule has 32 heavy (non-hydrogen) atoms. The van der Waals surface area contributed by atoms with Crippen LogP contribution in [0.3, 0.4) is 0 Å². The first kappa shape index (κ1) is 24.1. The van der Waals surface area contributed by atoms with Gasteiger partial charge in [0, 0.05) is 33.6 Å². The molecule has 1 aliphatic heterocycles. The second kappa shape index (κ2) is 11.9. The van der Waals surface area contributed by atoms with Crippen molar-refractivity contribution in [2.24, 2.45) is 5.92 Å². The van der Waals surface area contributed by atoms with Crippen LogP contribution in [0, 0.1) is 5.92 Å². The van der Waals surface area contributed by atoms with Crippen LogP contribution in [0.2, 0.25) is 5.15 Å². The molecule has 0 bridgehead atoms. The number of anilines is 1. The van der Waals surface area contributed by atoms with Crippen molar-refractivity contribution in [3.05, 3.63) is 58.7 Å². The quantitative estimate of drug-likeness (QED) is 0.302. The van der Waals surface area contributed by atoms with Crippen LogP contribution < -0.4 is 4.90 Å². The average Bonchev–Trinajstić information content (AvgIpc) is 2.81. The fourth-order valence-corrected chi connectivity index (χ4v) is 4.19. The molecule has 1 fully saturated rings. The smallest absolute Gasteiger partial charge is 0.306 e. The van der Waals surface area contributed by atoms with Crippen LogP contribution in [0.15, 0.2) is 42.5 Å². The Hall–Kier alpha value is -2.60. The summed E-state index contributed by atoms with van der Waals surface area (Å²) in [5, 5.41) is 0.252. The minimum Gasteiger partial charge on any atom is -0.461 e. The molecular weight excluding hydrogens is 426 g/mol. The van der Waals surface area contributed by atoms with Gasteiger partial charge in [-0.1, -0.05) is 54.8 Å². The van der Waals surface area contributed by atoms with E-state index in [0.717, 1.165) is 56.6 Å². The first-order valence-corrected chi connectivity index (χ1v) is 11.6. The summed E-state index contributed by atoms with van der Waals surface area (Å²) in [4.78, 5) is 32.2. The third kappa shape index (κ3) is 6.95. The number of pyridine rings is 1. The van der Waals surface area contributed by atoms with Crippen LogP contribution in [0.5, 0.6) is 0 Å². The van der Waals surface area contributed by atoms with Crippen LogP contribution in [0.1, 0.15) is 54.4 Å². The van der Waals surface area contributed by atoms with Gasteiger partial charge >= 0.3 is 5.97 Å². The molecule has 0 radical (unpaired) electrons. The Morgan fingerprint density at radius 3 is 2.47 bits per heavy atom. The van der Waals surface area contributed by atoms with Gasteiger partial charge in [0.2, 0.25) is 0 Å². The SMILES string of the molecule is CN(C)C(=O)c1ccc(N2CCC(CCCCC(=O)OCc3ccccc3)CC2)nc1Cl. The fourth-order valence-electron chi connectivity index (χ4n) is 3.96. The van der Waals surface area contributed by atoms with E-state index in [2.05, 4.69) is 9.88 Å². The lowest BCUT2D eigenvalue weighted by atomic mass is 9.91. The lowest BCUT2D eigenvalue weighted by molar-refractivity contribution is -0.145. The number of aromatic nitrogens is 1. The van der Waals surface area contributed by atoms with Crippen LogP contribution in [0.25, 0.3) is 0 Å². The summed E-state index contributed by atoms with van der Waals surface area (Å²) in [5.74, 6) is 1.22. The Balaban J connectivity index is 1.34. The minimum atomic E-state index is -0.142. The van der Waals surface area contributed by atoms with Gasteiger partial charge in [-0.15, -0.1) is 0 Å². The van der Waals surface area contributed by atoms with Crippen LogP contribution in [-0.2, 0) is 16.1 Å². The Bertz CT molecular complexity index is 897. The molecule has 0 saturated carbocycles. The normalized spacial score (nSPS) is 14.3. The molecule has 2 aromatic rings. The molecule has 7 heteroatoms. The number of carbonyl (C=O) groups excluding carboxylic acids is 2. The van der Waals surface area contributed by atoms with E-state index in [1.807, 2.05) is 36.4 Å². The van der Waals surface area contributed by atoms with Crippen LogP contribution in [-0.4, -0.2) is 48.9 Å². The number of piperidine rings is 1. The molecule has 1 aromatic heterocycles. The van der Waals surface area contributed by atoms with Crippen LogP contribution in [0.4, 0.5) is 5.82 Å². The molecule has 1 aliphatic rings. The largest absolute Gasteiger partial charge is 0.461 e. The average molecular weight is 458 g/mol. The van der Waals surface area contributed by atoms with Crippen molar-refractivity contribution in [2.75, 3.05) is 32.1 Å². The van der Waals surface area contributed by atoms with E-state index in [1.165, 1.54) is 4.90 Å². The zero-order valence-corrected chi connectivity index (χ0v) is 19.7. The van der Waals surface area contributed by atoms with Gasteiger partial charge in [-0.3, -0.25) is 9.59 Å². The van der Waals surface area contributed by atoms with Gasteiger partial charge in [0.1, 0.15) is 17.6 Å². The zero-order valence-electron chi connectivity index (χ0n) is 18.9. The summed E-state index contributed by atoms with van der Waals surface area (Å²) in [7, 11) is 3.40. The topological polar surface area (TPSA) is 62.7 Å². The van der Waals surface area contributed by atoms with E-state index in [9.17, 15) is 9.59 Å². The maximum Gasteiger partial charge on any atom is 0.306 e. The molecular formula is C25H32ClN3O3. The van der Waals surface area contributed by atoms with Gasteiger partial charge in [-0.25, -0.2) is 4.98 Å². The number of amides is 1. The Morgan fingerprint density at radius 2 is 1.81 bits per heavy atom. The maximum absolute atomic E-state index is 12.1. The van der Waals surface area contributed by atoms with Crippen molar-refractivity contribution in [2.45, 2.75) is 45.1 Å². The predicted molar refractivity (Wildman–Crippen MR) is 127 cm³/mol. The lowest BCUT2D eigenvalue weighted by Gasteiger charge is -2.33.